The van der Waals surface area contributed by atoms with Crippen LogP contribution in [0, 0.1) is 5.92 Å². The van der Waals surface area contributed by atoms with E-state index in [1.54, 1.807) is 13.8 Å². The number of carbonyl (C=O) groups is 5. The van der Waals surface area contributed by atoms with Crippen molar-refractivity contribution in [3.05, 3.63) is 29.8 Å². The fourth-order valence-corrected chi connectivity index (χ4v) is 2.86. The van der Waals surface area contributed by atoms with Crippen LogP contribution in [0.2, 0.25) is 0 Å². The van der Waals surface area contributed by atoms with Crippen LogP contribution in [0.3, 0.4) is 0 Å². The van der Waals surface area contributed by atoms with Gasteiger partial charge in [-0.2, -0.15) is 0 Å². The van der Waals surface area contributed by atoms with Gasteiger partial charge < -0.3 is 37.6 Å². The van der Waals surface area contributed by atoms with Crippen molar-refractivity contribution in [2.45, 2.75) is 51.2 Å². The van der Waals surface area contributed by atoms with Gasteiger partial charge in [0.15, 0.2) is 0 Å². The maximum Gasteiger partial charge on any atom is 0.326 e. The van der Waals surface area contributed by atoms with E-state index in [1.807, 2.05) is 0 Å². The average Bonchev–Trinajstić information content (AvgIpc) is 2.75. The minimum Gasteiger partial charge on any atom is -0.508 e. The lowest BCUT2D eigenvalue weighted by atomic mass is 9.97. The molecule has 182 valence electrons. The van der Waals surface area contributed by atoms with Crippen LogP contribution in [-0.4, -0.2) is 64.5 Å². The number of rotatable bonds is 13. The van der Waals surface area contributed by atoms with Gasteiger partial charge >= 0.3 is 5.97 Å². The van der Waals surface area contributed by atoms with Crippen LogP contribution < -0.4 is 27.4 Å². The Morgan fingerprint density at radius 2 is 1.64 bits per heavy atom. The molecule has 4 amide bonds. The van der Waals surface area contributed by atoms with Gasteiger partial charge in [-0.1, -0.05) is 32.4 Å². The summed E-state index contributed by atoms with van der Waals surface area (Å²) in [5, 5.41) is 26.1. The fourth-order valence-electron chi connectivity index (χ4n) is 2.86. The number of aliphatic carboxylic acids is 1. The normalized spacial score (nSPS) is 14.3. The number of nitrogens with two attached hydrogens (primary N) is 2. The molecule has 0 aliphatic rings. The van der Waals surface area contributed by atoms with E-state index in [4.69, 9.17) is 11.5 Å². The Hall–Kier alpha value is -3.67. The molecule has 0 radical (unpaired) electrons. The molecule has 9 N–H and O–H groups in total. The highest BCUT2D eigenvalue weighted by atomic mass is 16.4. The minimum absolute atomic E-state index is 0.0249. The molecule has 0 aliphatic carbocycles. The van der Waals surface area contributed by atoms with Gasteiger partial charge in [0.25, 0.3) is 0 Å². The van der Waals surface area contributed by atoms with Gasteiger partial charge in [-0.3, -0.25) is 19.2 Å². The largest absolute Gasteiger partial charge is 0.508 e. The number of carbonyl (C=O) groups excluding carboxylic acids is 4. The average molecular weight is 466 g/mol. The molecule has 0 spiro atoms. The van der Waals surface area contributed by atoms with Crippen molar-refractivity contribution in [1.82, 2.24) is 16.0 Å². The molecule has 12 heteroatoms. The van der Waals surface area contributed by atoms with E-state index >= 15 is 0 Å². The number of hydrogen-bond donors (Lipinski definition) is 7. The highest BCUT2D eigenvalue weighted by Gasteiger charge is 2.30. The maximum absolute atomic E-state index is 12.8. The predicted molar refractivity (Wildman–Crippen MR) is 118 cm³/mol. The molecule has 0 heterocycles. The summed E-state index contributed by atoms with van der Waals surface area (Å²) in [6.45, 7) is 3.01. The van der Waals surface area contributed by atoms with Crippen molar-refractivity contribution in [3.8, 4) is 5.75 Å². The molecule has 0 saturated carbocycles. The molecule has 0 saturated heterocycles. The Morgan fingerprint density at radius 3 is 2.15 bits per heavy atom. The molecule has 33 heavy (non-hydrogen) atoms. The topological polar surface area (TPSA) is 214 Å². The quantitative estimate of drug-likeness (QED) is 0.179. The van der Waals surface area contributed by atoms with Crippen molar-refractivity contribution in [1.29, 1.82) is 0 Å². The SMILES string of the molecule is CCC(C)C(NC(=O)CNC(=O)C(N)CC(N)=O)C(=O)NC(Cc1ccc(O)cc1)C(=O)O. The maximum atomic E-state index is 12.8. The van der Waals surface area contributed by atoms with Gasteiger partial charge in [0.05, 0.1) is 19.0 Å². The lowest BCUT2D eigenvalue weighted by Gasteiger charge is -2.25. The summed E-state index contributed by atoms with van der Waals surface area (Å²) in [7, 11) is 0. The number of phenolic OH excluding ortho intramolecular Hbond substituents is 1. The Labute approximate surface area is 191 Å². The standard InChI is InChI=1S/C21H31N5O7/c1-3-11(2)18(26-17(29)10-24-19(30)14(22)9-16(23)28)20(31)25-15(21(32)33)8-12-4-6-13(27)7-5-12/h4-7,11,14-15,18,27H,3,8-10,22H2,1-2H3,(H2,23,28)(H,24,30)(H,25,31)(H,26,29)(H,32,33). The predicted octanol–water partition coefficient (Wildman–Crippen LogP) is -1.65. The number of carboxylic acids is 1. The van der Waals surface area contributed by atoms with E-state index in [-0.39, 0.29) is 24.5 Å². The number of hydrogen-bond acceptors (Lipinski definition) is 7. The smallest absolute Gasteiger partial charge is 0.326 e. The van der Waals surface area contributed by atoms with Crippen LogP contribution in [0.1, 0.15) is 32.3 Å². The van der Waals surface area contributed by atoms with Crippen LogP contribution in [0.25, 0.3) is 0 Å². The Morgan fingerprint density at radius 1 is 1.03 bits per heavy atom. The first kappa shape index (κ1) is 27.4. The van der Waals surface area contributed by atoms with Gasteiger partial charge in [0.1, 0.15) is 17.8 Å². The number of nitrogens with one attached hydrogen (secondary N) is 3. The second-order valence-corrected chi connectivity index (χ2v) is 7.70. The first-order chi connectivity index (χ1) is 15.4. The second kappa shape index (κ2) is 13.0. The van der Waals surface area contributed by atoms with E-state index in [9.17, 15) is 34.2 Å². The minimum atomic E-state index is -1.27. The number of primary amides is 1. The molecule has 4 atom stereocenters. The van der Waals surface area contributed by atoms with Crippen LogP contribution in [0.15, 0.2) is 24.3 Å². The van der Waals surface area contributed by atoms with Crippen molar-refractivity contribution in [3.63, 3.8) is 0 Å². The third kappa shape index (κ3) is 9.56. The van der Waals surface area contributed by atoms with Crippen LogP contribution in [0.4, 0.5) is 0 Å². The van der Waals surface area contributed by atoms with Crippen molar-refractivity contribution < 1.29 is 34.2 Å². The van der Waals surface area contributed by atoms with Gasteiger partial charge in [-0.25, -0.2) is 4.79 Å². The lowest BCUT2D eigenvalue weighted by molar-refractivity contribution is -0.142. The molecule has 12 nitrogen and oxygen atoms in total. The number of carboxylic acid groups (broad SMARTS) is 1. The molecule has 0 fully saturated rings. The third-order valence-electron chi connectivity index (χ3n) is 4.98. The van der Waals surface area contributed by atoms with Crippen molar-refractivity contribution >= 4 is 29.6 Å². The molecule has 4 unspecified atom stereocenters. The van der Waals surface area contributed by atoms with Crippen LogP contribution in [0.5, 0.6) is 5.75 Å². The lowest BCUT2D eigenvalue weighted by Crippen LogP contribution is -2.56. The summed E-state index contributed by atoms with van der Waals surface area (Å²) in [4.78, 5) is 59.4. The van der Waals surface area contributed by atoms with Gasteiger partial charge in [0, 0.05) is 6.42 Å². The first-order valence-corrected chi connectivity index (χ1v) is 10.4. The summed E-state index contributed by atoms with van der Waals surface area (Å²) < 4.78 is 0. The molecule has 1 aromatic carbocycles. The molecule has 1 aromatic rings. The van der Waals surface area contributed by atoms with Crippen molar-refractivity contribution in [2.75, 3.05) is 6.54 Å². The van der Waals surface area contributed by atoms with Gasteiger partial charge in [-0.05, 0) is 23.6 Å². The summed E-state index contributed by atoms with van der Waals surface area (Å²) >= 11 is 0. The third-order valence-corrected chi connectivity index (χ3v) is 4.98. The van der Waals surface area contributed by atoms with E-state index < -0.39 is 54.3 Å². The Kier molecular flexibility index (Phi) is 10.8. The zero-order chi connectivity index (χ0) is 25.1. The highest BCUT2D eigenvalue weighted by molar-refractivity contribution is 5.93. The monoisotopic (exact) mass is 465 g/mol. The molecule has 0 bridgehead atoms. The van der Waals surface area contributed by atoms with Gasteiger partial charge in [0.2, 0.25) is 23.6 Å². The van der Waals surface area contributed by atoms with Crippen LogP contribution in [-0.2, 0) is 30.4 Å². The van der Waals surface area contributed by atoms with E-state index in [1.165, 1.54) is 24.3 Å². The summed E-state index contributed by atoms with van der Waals surface area (Å²) in [6.07, 6.45) is 0.0865. The zero-order valence-corrected chi connectivity index (χ0v) is 18.5. The number of phenols is 1. The molecular formula is C21H31N5O7. The summed E-state index contributed by atoms with van der Waals surface area (Å²) in [5.41, 5.74) is 11.1. The summed E-state index contributed by atoms with van der Waals surface area (Å²) in [6, 6.07) is 2.36. The highest BCUT2D eigenvalue weighted by Crippen LogP contribution is 2.13. The zero-order valence-electron chi connectivity index (χ0n) is 18.5. The van der Waals surface area contributed by atoms with E-state index in [0.717, 1.165) is 0 Å². The molecule has 0 aromatic heterocycles. The molecule has 1 rings (SSSR count). The Balaban J connectivity index is 2.78. The molecule has 0 aliphatic heterocycles. The van der Waals surface area contributed by atoms with Crippen molar-refractivity contribution in [2.24, 2.45) is 17.4 Å². The number of amides is 4. The van der Waals surface area contributed by atoms with Crippen LogP contribution >= 0.6 is 0 Å². The number of benzene rings is 1. The second-order valence-electron chi connectivity index (χ2n) is 7.70. The summed E-state index contributed by atoms with van der Waals surface area (Å²) in [5.74, 6) is -4.49. The number of aromatic hydroxyl groups is 1. The fraction of sp³-hybridized carbons (Fsp3) is 0.476. The molecular weight excluding hydrogens is 434 g/mol. The van der Waals surface area contributed by atoms with E-state index in [2.05, 4.69) is 16.0 Å². The Bertz CT molecular complexity index is 859. The van der Waals surface area contributed by atoms with E-state index in [0.29, 0.717) is 12.0 Å². The van der Waals surface area contributed by atoms with Gasteiger partial charge in [-0.15, -0.1) is 0 Å². The first-order valence-electron chi connectivity index (χ1n) is 10.4.